The summed E-state index contributed by atoms with van der Waals surface area (Å²) in [6, 6.07) is 67.4. The van der Waals surface area contributed by atoms with Gasteiger partial charge in [0.25, 0.3) is 0 Å². The number of hydrogen-bond acceptors (Lipinski definition) is 2. The Morgan fingerprint density at radius 3 is 1.47 bits per heavy atom. The largest absolute Gasteiger partial charge is 0.310 e. The lowest BCUT2D eigenvalue weighted by atomic mass is 9.76. The van der Waals surface area contributed by atoms with Gasteiger partial charge in [0.1, 0.15) is 0 Å². The SMILES string of the molecule is C1=CC2=C(N(c3ccc(-c4ccc(N(c5ccc6c(c5)C5(CCCC5)c5ccccc5-6)c5ccc6c(c5)C5(CCCC5)c5ccccc5-6)cc4)cc3)c3ccc4ccccc4c3)C=CCC2C=C1. The van der Waals surface area contributed by atoms with Crippen molar-refractivity contribution in [1.82, 2.24) is 0 Å². The molecule has 0 amide bonds. The molecule has 0 aromatic heterocycles. The molecule has 2 spiro atoms. The Morgan fingerprint density at radius 1 is 0.382 bits per heavy atom. The van der Waals surface area contributed by atoms with Crippen LogP contribution in [0.25, 0.3) is 44.2 Å². The van der Waals surface area contributed by atoms with Gasteiger partial charge in [-0.2, -0.15) is 0 Å². The van der Waals surface area contributed by atoms with Gasteiger partial charge < -0.3 is 9.80 Å². The molecule has 1 unspecified atom stereocenters. The fraction of sp³-hybridized carbons (Fsp3) is 0.182. The fourth-order valence-corrected chi connectivity index (χ4v) is 13.7. The first-order chi connectivity index (χ1) is 33.6. The van der Waals surface area contributed by atoms with Crippen LogP contribution in [0.5, 0.6) is 0 Å². The van der Waals surface area contributed by atoms with Crippen molar-refractivity contribution in [3.63, 3.8) is 0 Å². The van der Waals surface area contributed by atoms with Gasteiger partial charge in [-0.15, -0.1) is 0 Å². The van der Waals surface area contributed by atoms with Crippen molar-refractivity contribution in [2.24, 2.45) is 5.92 Å². The second-order valence-electron chi connectivity index (χ2n) is 20.3. The quantitative estimate of drug-likeness (QED) is 0.157. The highest BCUT2D eigenvalue weighted by Gasteiger charge is 2.47. The summed E-state index contributed by atoms with van der Waals surface area (Å²) in [6.07, 6.45) is 24.7. The average Bonchev–Trinajstić information content (AvgIpc) is 4.21. The van der Waals surface area contributed by atoms with Crippen molar-refractivity contribution in [3.05, 3.63) is 246 Å². The monoisotopic (exact) mass is 874 g/mol. The molecule has 1 atom stereocenters. The maximum absolute atomic E-state index is 2.57. The van der Waals surface area contributed by atoms with Crippen LogP contribution in [0.3, 0.4) is 0 Å². The van der Waals surface area contributed by atoms with E-state index >= 15 is 0 Å². The number of hydrogen-bond donors (Lipinski definition) is 0. The van der Waals surface area contributed by atoms with Crippen LogP contribution in [0.15, 0.2) is 224 Å². The summed E-state index contributed by atoms with van der Waals surface area (Å²) >= 11 is 0. The van der Waals surface area contributed by atoms with Crippen molar-refractivity contribution in [3.8, 4) is 33.4 Å². The summed E-state index contributed by atoms with van der Waals surface area (Å²) in [5, 5.41) is 2.50. The molecule has 6 aliphatic carbocycles. The Morgan fingerprint density at radius 2 is 0.868 bits per heavy atom. The molecule has 328 valence electrons. The summed E-state index contributed by atoms with van der Waals surface area (Å²) in [6.45, 7) is 0. The van der Waals surface area contributed by atoms with Crippen LogP contribution in [0.1, 0.15) is 80.0 Å². The zero-order valence-corrected chi connectivity index (χ0v) is 38.5. The van der Waals surface area contributed by atoms with E-state index in [1.54, 1.807) is 0 Å². The molecule has 0 radical (unpaired) electrons. The molecular formula is C66H54N2. The Hall–Kier alpha value is -7.42. The van der Waals surface area contributed by atoms with Gasteiger partial charge in [0.2, 0.25) is 0 Å². The molecule has 0 saturated heterocycles. The number of nitrogens with zero attached hydrogens (tertiary/aromatic N) is 2. The van der Waals surface area contributed by atoms with E-state index < -0.39 is 0 Å². The van der Waals surface area contributed by atoms with E-state index in [0.29, 0.717) is 5.92 Å². The first-order valence-electron chi connectivity index (χ1n) is 25.2. The van der Waals surface area contributed by atoms with E-state index in [-0.39, 0.29) is 10.8 Å². The molecule has 0 bridgehead atoms. The molecule has 68 heavy (non-hydrogen) atoms. The van der Waals surface area contributed by atoms with Crippen molar-refractivity contribution >= 4 is 39.2 Å². The van der Waals surface area contributed by atoms with Gasteiger partial charge >= 0.3 is 0 Å². The van der Waals surface area contributed by atoms with Crippen molar-refractivity contribution in [1.29, 1.82) is 0 Å². The molecule has 2 heteroatoms. The summed E-state index contributed by atoms with van der Waals surface area (Å²) < 4.78 is 0. The lowest BCUT2D eigenvalue weighted by molar-refractivity contribution is 0.549. The maximum atomic E-state index is 2.57. The number of fused-ring (bicyclic) bond motifs is 12. The van der Waals surface area contributed by atoms with E-state index in [4.69, 9.17) is 0 Å². The van der Waals surface area contributed by atoms with E-state index in [9.17, 15) is 0 Å². The molecule has 8 aromatic rings. The third-order valence-electron chi connectivity index (χ3n) is 16.8. The minimum absolute atomic E-state index is 0.0946. The normalized spacial score (nSPS) is 18.5. The summed E-state index contributed by atoms with van der Waals surface area (Å²) in [5.74, 6) is 0.383. The van der Waals surface area contributed by atoms with Crippen LogP contribution < -0.4 is 9.80 Å². The zero-order chi connectivity index (χ0) is 44.8. The van der Waals surface area contributed by atoms with Crippen LogP contribution >= 0.6 is 0 Å². The first kappa shape index (κ1) is 39.7. The predicted molar refractivity (Wildman–Crippen MR) is 285 cm³/mol. The van der Waals surface area contributed by atoms with Gasteiger partial charge in [-0.05, 0) is 171 Å². The maximum Gasteiger partial charge on any atom is 0.0496 e. The number of allylic oxidation sites excluding steroid dienone is 7. The van der Waals surface area contributed by atoms with Gasteiger partial charge in [0, 0.05) is 50.9 Å². The highest BCUT2D eigenvalue weighted by molar-refractivity contribution is 5.91. The number of anilines is 5. The second-order valence-corrected chi connectivity index (χ2v) is 20.3. The molecule has 2 fully saturated rings. The van der Waals surface area contributed by atoms with Crippen molar-refractivity contribution in [2.75, 3.05) is 9.80 Å². The molecule has 2 saturated carbocycles. The number of benzene rings is 8. The average molecular weight is 875 g/mol. The zero-order valence-electron chi connectivity index (χ0n) is 38.5. The lowest BCUT2D eigenvalue weighted by Crippen LogP contribution is -2.22. The molecule has 14 rings (SSSR count). The van der Waals surface area contributed by atoms with E-state index in [0.717, 1.165) is 12.1 Å². The molecule has 2 nitrogen and oxygen atoms in total. The van der Waals surface area contributed by atoms with E-state index in [1.165, 1.54) is 152 Å². The highest BCUT2D eigenvalue weighted by Crippen LogP contribution is 2.60. The van der Waals surface area contributed by atoms with Crippen LogP contribution in [-0.4, -0.2) is 0 Å². The van der Waals surface area contributed by atoms with Crippen LogP contribution in [-0.2, 0) is 10.8 Å². The first-order valence-corrected chi connectivity index (χ1v) is 25.2. The topological polar surface area (TPSA) is 6.48 Å². The van der Waals surface area contributed by atoms with Crippen molar-refractivity contribution < 1.29 is 0 Å². The Kier molecular flexibility index (Phi) is 9.10. The summed E-state index contributed by atoms with van der Waals surface area (Å²) in [4.78, 5) is 5.01. The molecule has 0 heterocycles. The van der Waals surface area contributed by atoms with Crippen LogP contribution in [0.2, 0.25) is 0 Å². The number of rotatable bonds is 7. The summed E-state index contributed by atoms with van der Waals surface area (Å²) in [7, 11) is 0. The molecule has 0 aliphatic heterocycles. The smallest absolute Gasteiger partial charge is 0.0496 e. The molecule has 6 aliphatic rings. The van der Waals surface area contributed by atoms with E-state index in [1.807, 2.05) is 0 Å². The lowest BCUT2D eigenvalue weighted by Gasteiger charge is -2.33. The minimum Gasteiger partial charge on any atom is -0.310 e. The standard InChI is InChI=1S/C66H54N2/c1-2-16-49-42-52(33-28-45(49)14-1)68(64-23-13-17-48-15-3-4-18-55(48)64)51-31-26-47(27-32-51)46-24-29-50(30-25-46)67(53-34-36-58-56-19-5-7-21-60(56)65(62(58)43-53)38-9-10-39-65)54-35-37-59-57-20-6-8-22-61(57)66(63(59)44-54)40-11-12-41-66/h1-8,13-16,18-37,42-44,48H,9-12,17,38-41H2. The Balaban J connectivity index is 0.862. The minimum atomic E-state index is 0.0946. The Bertz CT molecular complexity index is 3320. The van der Waals surface area contributed by atoms with Crippen molar-refractivity contribution in [2.45, 2.75) is 68.6 Å². The molecular weight excluding hydrogens is 821 g/mol. The molecule has 8 aromatic carbocycles. The van der Waals surface area contributed by atoms with Crippen LogP contribution in [0, 0.1) is 5.92 Å². The van der Waals surface area contributed by atoms with Gasteiger partial charge in [0.15, 0.2) is 0 Å². The summed E-state index contributed by atoms with van der Waals surface area (Å²) in [5.41, 5.74) is 23.0. The Labute approximate surface area is 400 Å². The van der Waals surface area contributed by atoms with Gasteiger partial charge in [-0.1, -0.05) is 171 Å². The second kappa shape index (κ2) is 15.6. The fourth-order valence-electron chi connectivity index (χ4n) is 13.7. The van der Waals surface area contributed by atoms with Gasteiger partial charge in [0.05, 0.1) is 0 Å². The third-order valence-corrected chi connectivity index (χ3v) is 16.8. The van der Waals surface area contributed by atoms with Gasteiger partial charge in [-0.25, -0.2) is 0 Å². The predicted octanol–water partition coefficient (Wildman–Crippen LogP) is 17.8. The third kappa shape index (κ3) is 6.02. The molecule has 0 N–H and O–H groups in total. The van der Waals surface area contributed by atoms with Gasteiger partial charge in [-0.3, -0.25) is 0 Å². The van der Waals surface area contributed by atoms with Crippen LogP contribution in [0.4, 0.5) is 28.4 Å². The highest BCUT2D eigenvalue weighted by atomic mass is 15.2. The van der Waals surface area contributed by atoms with E-state index in [2.05, 4.69) is 222 Å².